The lowest BCUT2D eigenvalue weighted by Gasteiger charge is -2.38. The van der Waals surface area contributed by atoms with Gasteiger partial charge in [0.2, 0.25) is 11.8 Å². The van der Waals surface area contributed by atoms with Crippen LogP contribution >= 0.6 is 0 Å². The van der Waals surface area contributed by atoms with Crippen molar-refractivity contribution in [1.82, 2.24) is 15.5 Å². The average Bonchev–Trinajstić information content (AvgIpc) is 2.71. The van der Waals surface area contributed by atoms with Crippen LogP contribution in [0.3, 0.4) is 0 Å². The zero-order valence-electron chi connectivity index (χ0n) is 16.6. The summed E-state index contributed by atoms with van der Waals surface area (Å²) in [5.41, 5.74) is -0.437. The van der Waals surface area contributed by atoms with Crippen LogP contribution in [0.2, 0.25) is 0 Å². The molecule has 148 valence electrons. The van der Waals surface area contributed by atoms with Gasteiger partial charge in [-0.15, -0.1) is 0 Å². The summed E-state index contributed by atoms with van der Waals surface area (Å²) < 4.78 is 0. The van der Waals surface area contributed by atoms with E-state index in [1.165, 1.54) is 11.3 Å². The number of amides is 3. The molecule has 3 amide bonds. The van der Waals surface area contributed by atoms with E-state index < -0.39 is 5.54 Å². The molecule has 1 aromatic rings. The van der Waals surface area contributed by atoms with Crippen LogP contribution in [0.25, 0.3) is 0 Å². The fourth-order valence-corrected chi connectivity index (χ4v) is 3.38. The van der Waals surface area contributed by atoms with Crippen molar-refractivity contribution in [3.63, 3.8) is 0 Å². The normalized spacial score (nSPS) is 16.9. The SMILES string of the molecule is CC[C@@](C)(C(=O)NC1CCCCC1)N(C)C(=O)CNC(=O)c1ccccc1. The Labute approximate surface area is 161 Å². The molecule has 1 saturated carbocycles. The Kier molecular flexibility index (Phi) is 7.39. The second kappa shape index (κ2) is 9.53. The molecule has 0 spiro atoms. The minimum Gasteiger partial charge on any atom is -0.351 e. The van der Waals surface area contributed by atoms with Gasteiger partial charge in [-0.1, -0.05) is 44.4 Å². The molecule has 0 unspecified atom stereocenters. The summed E-state index contributed by atoms with van der Waals surface area (Å²) in [5, 5.41) is 5.75. The molecule has 0 aliphatic heterocycles. The molecule has 1 atom stereocenters. The predicted molar refractivity (Wildman–Crippen MR) is 105 cm³/mol. The van der Waals surface area contributed by atoms with Crippen molar-refractivity contribution in [2.24, 2.45) is 0 Å². The molecule has 2 rings (SSSR count). The number of hydrogen-bond acceptors (Lipinski definition) is 3. The molecule has 1 aliphatic rings. The van der Waals surface area contributed by atoms with Gasteiger partial charge in [-0.2, -0.15) is 0 Å². The van der Waals surface area contributed by atoms with Crippen LogP contribution in [0.1, 0.15) is 62.7 Å². The molecule has 0 heterocycles. The summed E-state index contributed by atoms with van der Waals surface area (Å²) in [5.74, 6) is -0.716. The van der Waals surface area contributed by atoms with Crippen LogP contribution in [0, 0.1) is 0 Å². The van der Waals surface area contributed by atoms with Gasteiger partial charge >= 0.3 is 0 Å². The number of carbonyl (C=O) groups is 3. The molecule has 0 radical (unpaired) electrons. The van der Waals surface area contributed by atoms with Gasteiger partial charge in [0, 0.05) is 18.7 Å². The minimum absolute atomic E-state index is 0.123. The maximum absolute atomic E-state index is 12.9. The van der Waals surface area contributed by atoms with E-state index in [0.717, 1.165) is 25.7 Å². The monoisotopic (exact) mass is 373 g/mol. The van der Waals surface area contributed by atoms with Crippen molar-refractivity contribution in [2.45, 2.75) is 64.0 Å². The molecule has 0 bridgehead atoms. The topological polar surface area (TPSA) is 78.5 Å². The van der Waals surface area contributed by atoms with Crippen LogP contribution in [-0.4, -0.2) is 47.8 Å². The molecule has 0 aromatic heterocycles. The first kappa shape index (κ1) is 20.9. The van der Waals surface area contributed by atoms with E-state index in [0.29, 0.717) is 12.0 Å². The highest BCUT2D eigenvalue weighted by molar-refractivity contribution is 5.97. The highest BCUT2D eigenvalue weighted by Gasteiger charge is 2.39. The molecule has 6 nitrogen and oxygen atoms in total. The molecule has 6 heteroatoms. The first-order valence-electron chi connectivity index (χ1n) is 9.79. The van der Waals surface area contributed by atoms with Crippen molar-refractivity contribution < 1.29 is 14.4 Å². The number of nitrogens with zero attached hydrogens (tertiary/aromatic N) is 1. The third-order valence-electron chi connectivity index (χ3n) is 5.67. The summed E-state index contributed by atoms with van der Waals surface area (Å²) >= 11 is 0. The van der Waals surface area contributed by atoms with E-state index in [1.807, 2.05) is 13.0 Å². The number of hydrogen-bond donors (Lipinski definition) is 2. The molecule has 1 aliphatic carbocycles. The van der Waals surface area contributed by atoms with E-state index in [2.05, 4.69) is 10.6 Å². The summed E-state index contributed by atoms with van der Waals surface area (Å²) in [6.45, 7) is 3.53. The van der Waals surface area contributed by atoms with Crippen LogP contribution in [-0.2, 0) is 9.59 Å². The Balaban J connectivity index is 1.94. The molecular formula is C21H31N3O3. The standard InChI is InChI=1S/C21H31N3O3/c1-4-21(2,20(27)23-17-13-9-6-10-14-17)24(3)18(25)15-22-19(26)16-11-7-5-8-12-16/h5,7-8,11-12,17H,4,6,9-10,13-15H2,1-3H3,(H,22,26)(H,23,27)/t21-/m0/s1. The lowest BCUT2D eigenvalue weighted by molar-refractivity contribution is -0.145. The van der Waals surface area contributed by atoms with E-state index in [9.17, 15) is 14.4 Å². The Bertz CT molecular complexity index is 656. The molecule has 1 aromatic carbocycles. The Morgan fingerprint density at radius 3 is 2.33 bits per heavy atom. The van der Waals surface area contributed by atoms with Gasteiger partial charge in [0.1, 0.15) is 5.54 Å². The number of nitrogens with one attached hydrogen (secondary N) is 2. The van der Waals surface area contributed by atoms with Crippen molar-refractivity contribution >= 4 is 17.7 Å². The van der Waals surface area contributed by atoms with Gasteiger partial charge in [0.25, 0.3) is 5.91 Å². The quantitative estimate of drug-likeness (QED) is 0.771. The van der Waals surface area contributed by atoms with E-state index in [4.69, 9.17) is 0 Å². The van der Waals surface area contributed by atoms with E-state index >= 15 is 0 Å². The van der Waals surface area contributed by atoms with Gasteiger partial charge in [-0.25, -0.2) is 0 Å². The van der Waals surface area contributed by atoms with Crippen molar-refractivity contribution in [2.75, 3.05) is 13.6 Å². The molecular weight excluding hydrogens is 342 g/mol. The second-order valence-electron chi connectivity index (χ2n) is 7.44. The van der Waals surface area contributed by atoms with Crippen molar-refractivity contribution in [3.05, 3.63) is 35.9 Å². The molecule has 27 heavy (non-hydrogen) atoms. The minimum atomic E-state index is -0.938. The lowest BCUT2D eigenvalue weighted by atomic mass is 9.91. The smallest absolute Gasteiger partial charge is 0.251 e. The molecule has 1 fully saturated rings. The number of likely N-dealkylation sites (N-methyl/N-ethyl adjacent to an activating group) is 1. The average molecular weight is 373 g/mol. The summed E-state index contributed by atoms with van der Waals surface area (Å²) in [6, 6.07) is 8.94. The highest BCUT2D eigenvalue weighted by Crippen LogP contribution is 2.22. The van der Waals surface area contributed by atoms with Crippen LogP contribution < -0.4 is 10.6 Å². The number of carbonyl (C=O) groups excluding carboxylic acids is 3. The van der Waals surface area contributed by atoms with Gasteiger partial charge in [-0.05, 0) is 38.3 Å². The van der Waals surface area contributed by atoms with E-state index in [1.54, 1.807) is 38.2 Å². The number of benzene rings is 1. The number of rotatable bonds is 7. The first-order valence-corrected chi connectivity index (χ1v) is 9.79. The van der Waals surface area contributed by atoms with Crippen LogP contribution in [0.15, 0.2) is 30.3 Å². The largest absolute Gasteiger partial charge is 0.351 e. The van der Waals surface area contributed by atoms with Gasteiger partial charge in [-0.3, -0.25) is 14.4 Å². The maximum Gasteiger partial charge on any atom is 0.251 e. The van der Waals surface area contributed by atoms with Crippen molar-refractivity contribution in [1.29, 1.82) is 0 Å². The zero-order chi connectivity index (χ0) is 19.9. The Hall–Kier alpha value is -2.37. The summed E-state index contributed by atoms with van der Waals surface area (Å²) in [4.78, 5) is 39.1. The highest BCUT2D eigenvalue weighted by atomic mass is 16.2. The Morgan fingerprint density at radius 1 is 1.11 bits per heavy atom. The predicted octanol–water partition coefficient (Wildman–Crippen LogP) is 2.49. The fourth-order valence-electron chi connectivity index (χ4n) is 3.38. The lowest BCUT2D eigenvalue weighted by Crippen LogP contribution is -2.60. The zero-order valence-corrected chi connectivity index (χ0v) is 16.6. The third-order valence-corrected chi connectivity index (χ3v) is 5.67. The molecule has 2 N–H and O–H groups in total. The maximum atomic E-state index is 12.9. The van der Waals surface area contributed by atoms with Gasteiger partial charge in [0.05, 0.1) is 6.54 Å². The molecule has 0 saturated heterocycles. The third kappa shape index (κ3) is 5.31. The van der Waals surface area contributed by atoms with E-state index in [-0.39, 0.29) is 30.3 Å². The van der Waals surface area contributed by atoms with Gasteiger partial charge < -0.3 is 15.5 Å². The van der Waals surface area contributed by atoms with Gasteiger partial charge in [0.15, 0.2) is 0 Å². The first-order chi connectivity index (χ1) is 12.9. The summed E-state index contributed by atoms with van der Waals surface area (Å²) in [7, 11) is 1.63. The van der Waals surface area contributed by atoms with Crippen LogP contribution in [0.4, 0.5) is 0 Å². The Morgan fingerprint density at radius 2 is 1.74 bits per heavy atom. The fraction of sp³-hybridized carbons (Fsp3) is 0.571. The second-order valence-corrected chi connectivity index (χ2v) is 7.44. The van der Waals surface area contributed by atoms with Crippen molar-refractivity contribution in [3.8, 4) is 0 Å². The van der Waals surface area contributed by atoms with Crippen LogP contribution in [0.5, 0.6) is 0 Å². The summed E-state index contributed by atoms with van der Waals surface area (Å²) in [6.07, 6.45) is 5.98.